The molecule has 0 radical (unpaired) electrons. The molecule has 28 heavy (non-hydrogen) atoms. The molecule has 2 unspecified atom stereocenters. The van der Waals surface area contributed by atoms with E-state index < -0.39 is 0 Å². The zero-order valence-electron chi connectivity index (χ0n) is 16.5. The van der Waals surface area contributed by atoms with Gasteiger partial charge in [0.25, 0.3) is 5.91 Å². The van der Waals surface area contributed by atoms with Gasteiger partial charge in [0.05, 0.1) is 25.3 Å². The molecule has 2 aliphatic carbocycles. The summed E-state index contributed by atoms with van der Waals surface area (Å²) in [5.41, 5.74) is 3.53. The van der Waals surface area contributed by atoms with Gasteiger partial charge in [-0.15, -0.1) is 0 Å². The van der Waals surface area contributed by atoms with Crippen molar-refractivity contribution < 1.29 is 19.1 Å². The fraction of sp³-hybridized carbons (Fsp3) is 0.391. The van der Waals surface area contributed by atoms with Gasteiger partial charge in [-0.3, -0.25) is 9.59 Å². The van der Waals surface area contributed by atoms with Crippen molar-refractivity contribution in [1.29, 1.82) is 0 Å². The van der Waals surface area contributed by atoms with E-state index in [4.69, 9.17) is 9.47 Å². The molecule has 2 aromatic carbocycles. The molecule has 0 saturated heterocycles. The monoisotopic (exact) mass is 379 g/mol. The highest BCUT2D eigenvalue weighted by molar-refractivity contribution is 6.17. The minimum atomic E-state index is -0.252. The number of ketones is 1. The highest BCUT2D eigenvalue weighted by Gasteiger charge is 2.43. The van der Waals surface area contributed by atoms with E-state index in [1.165, 1.54) is 5.56 Å². The van der Waals surface area contributed by atoms with Crippen molar-refractivity contribution in [2.75, 3.05) is 20.8 Å². The SMILES string of the molecule is CCNC(=O)c1ccccc1C(=O)c1cc(OC)c2c(c1OC)C1CCC2C1. The van der Waals surface area contributed by atoms with Crippen molar-refractivity contribution in [3.8, 4) is 11.5 Å². The molecule has 1 saturated carbocycles. The van der Waals surface area contributed by atoms with Gasteiger partial charge < -0.3 is 14.8 Å². The number of hydrogen-bond acceptors (Lipinski definition) is 4. The van der Waals surface area contributed by atoms with Crippen LogP contribution in [0.2, 0.25) is 0 Å². The summed E-state index contributed by atoms with van der Waals surface area (Å²) in [4.78, 5) is 26.0. The Morgan fingerprint density at radius 3 is 2.32 bits per heavy atom. The van der Waals surface area contributed by atoms with E-state index in [0.29, 0.717) is 40.8 Å². The number of nitrogens with one attached hydrogen (secondary N) is 1. The third-order valence-corrected chi connectivity index (χ3v) is 5.99. The van der Waals surface area contributed by atoms with E-state index in [1.54, 1.807) is 44.6 Å². The Morgan fingerprint density at radius 2 is 1.68 bits per heavy atom. The van der Waals surface area contributed by atoms with Crippen LogP contribution in [0.4, 0.5) is 0 Å². The predicted octanol–water partition coefficient (Wildman–Crippen LogP) is 4.05. The van der Waals surface area contributed by atoms with Crippen LogP contribution in [0.15, 0.2) is 30.3 Å². The van der Waals surface area contributed by atoms with Gasteiger partial charge in [-0.25, -0.2) is 0 Å². The summed E-state index contributed by atoms with van der Waals surface area (Å²) >= 11 is 0. The number of carbonyl (C=O) groups is 2. The van der Waals surface area contributed by atoms with Crippen LogP contribution in [0.1, 0.15) is 75.4 Å². The maximum Gasteiger partial charge on any atom is 0.252 e. The van der Waals surface area contributed by atoms with Crippen molar-refractivity contribution >= 4 is 11.7 Å². The van der Waals surface area contributed by atoms with Crippen LogP contribution in [0.5, 0.6) is 11.5 Å². The molecule has 2 aromatic rings. The van der Waals surface area contributed by atoms with E-state index in [0.717, 1.165) is 30.6 Å². The highest BCUT2D eigenvalue weighted by atomic mass is 16.5. The summed E-state index contributed by atoms with van der Waals surface area (Å²) in [5.74, 6) is 1.81. The summed E-state index contributed by atoms with van der Waals surface area (Å²) in [6, 6.07) is 8.69. The van der Waals surface area contributed by atoms with E-state index in [2.05, 4.69) is 5.32 Å². The first-order chi connectivity index (χ1) is 13.6. The quantitative estimate of drug-likeness (QED) is 0.769. The number of amides is 1. The van der Waals surface area contributed by atoms with Crippen LogP contribution in [-0.4, -0.2) is 32.5 Å². The lowest BCUT2D eigenvalue weighted by molar-refractivity contribution is 0.0943. The van der Waals surface area contributed by atoms with E-state index in [1.807, 2.05) is 6.92 Å². The normalized spacial score (nSPS) is 19.2. The third kappa shape index (κ3) is 2.77. The summed E-state index contributed by atoms with van der Waals surface area (Å²) in [6.07, 6.45) is 3.37. The Bertz CT molecular complexity index is 950. The lowest BCUT2D eigenvalue weighted by atomic mass is 9.86. The first-order valence-corrected chi connectivity index (χ1v) is 9.81. The van der Waals surface area contributed by atoms with E-state index in [9.17, 15) is 9.59 Å². The maximum atomic E-state index is 13.5. The zero-order chi connectivity index (χ0) is 19.8. The van der Waals surface area contributed by atoms with Crippen molar-refractivity contribution in [1.82, 2.24) is 5.32 Å². The Kier molecular flexibility index (Phi) is 4.84. The van der Waals surface area contributed by atoms with Gasteiger partial charge in [-0.05, 0) is 50.2 Å². The van der Waals surface area contributed by atoms with Crippen LogP contribution in [0.25, 0.3) is 0 Å². The van der Waals surface area contributed by atoms with Gasteiger partial charge in [0.15, 0.2) is 5.78 Å². The van der Waals surface area contributed by atoms with Gasteiger partial charge in [0.2, 0.25) is 0 Å². The lowest BCUT2D eigenvalue weighted by Gasteiger charge is -2.23. The fourth-order valence-corrected chi connectivity index (χ4v) is 4.84. The summed E-state index contributed by atoms with van der Waals surface area (Å²) in [7, 11) is 3.26. The fourth-order valence-electron chi connectivity index (χ4n) is 4.84. The molecule has 2 bridgehead atoms. The van der Waals surface area contributed by atoms with Crippen molar-refractivity contribution in [3.63, 3.8) is 0 Å². The number of fused-ring (bicyclic) bond motifs is 5. The Labute approximate surface area is 165 Å². The molecule has 2 aliphatic rings. The minimum Gasteiger partial charge on any atom is -0.496 e. The summed E-state index contributed by atoms with van der Waals surface area (Å²) < 4.78 is 11.4. The predicted molar refractivity (Wildman–Crippen MR) is 107 cm³/mol. The Balaban J connectivity index is 1.86. The second kappa shape index (κ2) is 7.30. The smallest absolute Gasteiger partial charge is 0.252 e. The number of methoxy groups -OCH3 is 2. The van der Waals surface area contributed by atoms with Crippen LogP contribution < -0.4 is 14.8 Å². The number of ether oxygens (including phenoxy) is 2. The number of carbonyl (C=O) groups excluding carboxylic acids is 2. The molecule has 0 spiro atoms. The first kappa shape index (κ1) is 18.5. The molecule has 5 nitrogen and oxygen atoms in total. The third-order valence-electron chi connectivity index (χ3n) is 5.99. The molecule has 1 amide bonds. The van der Waals surface area contributed by atoms with Crippen molar-refractivity contribution in [2.45, 2.75) is 38.0 Å². The molecule has 0 aliphatic heterocycles. The summed E-state index contributed by atoms with van der Waals surface area (Å²) in [6.45, 7) is 2.35. The largest absolute Gasteiger partial charge is 0.496 e. The average molecular weight is 379 g/mol. The number of benzene rings is 2. The van der Waals surface area contributed by atoms with Crippen molar-refractivity contribution in [2.24, 2.45) is 0 Å². The van der Waals surface area contributed by atoms with Gasteiger partial charge in [-0.1, -0.05) is 18.2 Å². The molecule has 4 rings (SSSR count). The first-order valence-electron chi connectivity index (χ1n) is 9.81. The topological polar surface area (TPSA) is 64.6 Å². The van der Waals surface area contributed by atoms with Crippen LogP contribution in [0, 0.1) is 0 Å². The van der Waals surface area contributed by atoms with Gasteiger partial charge in [0.1, 0.15) is 11.5 Å². The molecular formula is C23H25NO4. The van der Waals surface area contributed by atoms with Crippen molar-refractivity contribution in [3.05, 3.63) is 58.1 Å². The van der Waals surface area contributed by atoms with E-state index in [-0.39, 0.29) is 11.7 Å². The second-order valence-corrected chi connectivity index (χ2v) is 7.43. The molecule has 146 valence electrons. The maximum absolute atomic E-state index is 13.5. The highest BCUT2D eigenvalue weighted by Crippen LogP contribution is 2.59. The molecule has 1 N–H and O–H groups in total. The summed E-state index contributed by atoms with van der Waals surface area (Å²) in [5, 5.41) is 2.78. The molecule has 5 heteroatoms. The van der Waals surface area contributed by atoms with E-state index >= 15 is 0 Å². The second-order valence-electron chi connectivity index (χ2n) is 7.43. The average Bonchev–Trinajstić information content (AvgIpc) is 3.35. The standard InChI is InChI=1S/C23H25NO4/c1-4-24-23(26)16-8-6-5-7-15(16)21(25)17-12-18(27-2)19-13-9-10-14(11-13)20(19)22(17)28-3/h5-8,12-14H,4,9-11H2,1-3H3,(H,24,26). The van der Waals surface area contributed by atoms with Gasteiger partial charge in [0, 0.05) is 23.2 Å². The van der Waals surface area contributed by atoms with Crippen LogP contribution in [0.3, 0.4) is 0 Å². The Hall–Kier alpha value is -2.82. The minimum absolute atomic E-state index is 0.220. The van der Waals surface area contributed by atoms with Crippen LogP contribution >= 0.6 is 0 Å². The molecule has 0 heterocycles. The van der Waals surface area contributed by atoms with Gasteiger partial charge in [-0.2, -0.15) is 0 Å². The number of hydrogen-bond donors (Lipinski definition) is 1. The lowest BCUT2D eigenvalue weighted by Crippen LogP contribution is -2.25. The molecular weight excluding hydrogens is 354 g/mol. The Morgan fingerprint density at radius 1 is 1.00 bits per heavy atom. The molecule has 0 aromatic heterocycles. The molecule has 2 atom stereocenters. The molecule has 1 fully saturated rings. The zero-order valence-corrected chi connectivity index (χ0v) is 16.5. The van der Waals surface area contributed by atoms with Gasteiger partial charge >= 0.3 is 0 Å². The van der Waals surface area contributed by atoms with Crippen LogP contribution in [-0.2, 0) is 0 Å². The number of rotatable bonds is 6.